The van der Waals surface area contributed by atoms with Crippen LogP contribution >= 0.6 is 11.6 Å². The molecule has 3 nitrogen and oxygen atoms in total. The highest BCUT2D eigenvalue weighted by Crippen LogP contribution is 2.17. The minimum absolute atomic E-state index is 0.249. The van der Waals surface area contributed by atoms with Crippen molar-refractivity contribution in [3.63, 3.8) is 0 Å². The molecule has 0 amide bonds. The largest absolute Gasteiger partial charge is 0.239 e. The van der Waals surface area contributed by atoms with Crippen molar-refractivity contribution in [2.24, 2.45) is 0 Å². The van der Waals surface area contributed by atoms with Gasteiger partial charge in [0.15, 0.2) is 5.15 Å². The molecule has 0 saturated heterocycles. The van der Waals surface area contributed by atoms with Crippen LogP contribution in [0, 0.1) is 24.1 Å². The molecular weight excluding hydrogens is 277 g/mol. The molecule has 0 atom stereocenters. The number of hydrogen-bond donors (Lipinski definition) is 0. The van der Waals surface area contributed by atoms with Crippen LogP contribution in [0.1, 0.15) is 38.8 Å². The monoisotopic (exact) mass is 295 g/mol. The summed E-state index contributed by atoms with van der Waals surface area (Å²) in [4.78, 5) is 0. The van der Waals surface area contributed by atoms with E-state index >= 15 is 0 Å². The van der Waals surface area contributed by atoms with Crippen LogP contribution in [0.4, 0.5) is 4.39 Å². The number of rotatable bonds is 1. The summed E-state index contributed by atoms with van der Waals surface area (Å²) >= 11 is 5.80. The fourth-order valence-corrected chi connectivity index (χ4v) is 1.47. The molecule has 0 radical (unpaired) electrons. The van der Waals surface area contributed by atoms with E-state index in [0.29, 0.717) is 10.8 Å². The second-order valence-electron chi connectivity index (χ2n) is 3.36. The Morgan fingerprint density at radius 1 is 1.20 bits per heavy atom. The van der Waals surface area contributed by atoms with Crippen molar-refractivity contribution in [3.05, 3.63) is 46.5 Å². The van der Waals surface area contributed by atoms with Gasteiger partial charge in [-0.25, -0.2) is 9.07 Å². The number of nitriles is 1. The van der Waals surface area contributed by atoms with Gasteiger partial charge < -0.3 is 0 Å². The molecule has 0 fully saturated rings. The van der Waals surface area contributed by atoms with Gasteiger partial charge in [-0.2, -0.15) is 10.4 Å². The zero-order valence-electron chi connectivity index (χ0n) is 12.4. The van der Waals surface area contributed by atoms with E-state index in [2.05, 4.69) is 5.10 Å². The van der Waals surface area contributed by atoms with Gasteiger partial charge >= 0.3 is 0 Å². The molecule has 108 valence electrons. The van der Waals surface area contributed by atoms with Crippen LogP contribution in [-0.2, 0) is 0 Å². The molecular formula is C15H19ClFN3. The summed E-state index contributed by atoms with van der Waals surface area (Å²) in [6, 6.07) is 5.90. The van der Waals surface area contributed by atoms with Crippen LogP contribution in [0.15, 0.2) is 24.4 Å². The third-order valence-corrected chi connectivity index (χ3v) is 2.49. The van der Waals surface area contributed by atoms with Gasteiger partial charge in [-0.3, -0.25) is 0 Å². The van der Waals surface area contributed by atoms with E-state index in [1.54, 1.807) is 19.2 Å². The van der Waals surface area contributed by atoms with Gasteiger partial charge in [0.1, 0.15) is 5.82 Å². The van der Waals surface area contributed by atoms with Crippen LogP contribution in [0.5, 0.6) is 0 Å². The van der Waals surface area contributed by atoms with E-state index in [9.17, 15) is 4.39 Å². The van der Waals surface area contributed by atoms with Crippen molar-refractivity contribution in [1.82, 2.24) is 9.78 Å². The number of hydrogen-bond acceptors (Lipinski definition) is 2. The van der Waals surface area contributed by atoms with Gasteiger partial charge in [-0.15, -0.1) is 0 Å². The van der Waals surface area contributed by atoms with E-state index in [-0.39, 0.29) is 5.56 Å². The summed E-state index contributed by atoms with van der Waals surface area (Å²) in [5.74, 6) is -0.474. The molecule has 0 aliphatic heterocycles. The Kier molecular flexibility index (Phi) is 8.26. The molecule has 2 aromatic rings. The zero-order chi connectivity index (χ0) is 15.7. The van der Waals surface area contributed by atoms with E-state index in [0.717, 1.165) is 5.56 Å². The highest BCUT2D eigenvalue weighted by atomic mass is 35.5. The highest BCUT2D eigenvalue weighted by Gasteiger charge is 2.06. The van der Waals surface area contributed by atoms with Crippen LogP contribution in [-0.4, -0.2) is 9.78 Å². The Morgan fingerprint density at radius 3 is 2.25 bits per heavy atom. The molecule has 0 spiro atoms. The molecule has 1 heterocycles. The second-order valence-corrected chi connectivity index (χ2v) is 3.72. The fraction of sp³-hybridized carbons (Fsp3) is 0.333. The first kappa shape index (κ1) is 18.1. The van der Waals surface area contributed by atoms with Crippen molar-refractivity contribution >= 4 is 11.6 Å². The molecule has 2 rings (SSSR count). The predicted octanol–water partition coefficient (Wildman–Crippen LogP) is 4.90. The van der Waals surface area contributed by atoms with Crippen molar-refractivity contribution in [2.45, 2.75) is 34.6 Å². The lowest BCUT2D eigenvalue weighted by Crippen LogP contribution is -1.96. The zero-order valence-corrected chi connectivity index (χ0v) is 13.2. The molecule has 0 unspecified atom stereocenters. The molecule has 0 bridgehead atoms. The maximum absolute atomic E-state index is 13.2. The first-order chi connectivity index (χ1) is 9.60. The highest BCUT2D eigenvalue weighted by molar-refractivity contribution is 6.30. The first-order valence-corrected chi connectivity index (χ1v) is 6.91. The number of aryl methyl sites for hydroxylation is 1. The van der Waals surface area contributed by atoms with Crippen molar-refractivity contribution in [2.75, 3.05) is 0 Å². The van der Waals surface area contributed by atoms with Gasteiger partial charge in [0, 0.05) is 11.8 Å². The Hall–Kier alpha value is -1.86. The molecule has 1 aromatic heterocycles. The average Bonchev–Trinajstić information content (AvgIpc) is 2.82. The van der Waals surface area contributed by atoms with Crippen molar-refractivity contribution in [1.29, 1.82) is 5.26 Å². The van der Waals surface area contributed by atoms with E-state index in [4.69, 9.17) is 16.9 Å². The van der Waals surface area contributed by atoms with Gasteiger partial charge in [0.05, 0.1) is 17.3 Å². The summed E-state index contributed by atoms with van der Waals surface area (Å²) in [6.45, 7) is 9.80. The molecule has 0 N–H and O–H groups in total. The number of halogens is 2. The lowest BCUT2D eigenvalue weighted by atomic mass is 10.2. The number of nitrogens with zero attached hydrogens (tertiary/aromatic N) is 3. The number of benzene rings is 1. The third-order valence-electron chi connectivity index (χ3n) is 2.11. The summed E-state index contributed by atoms with van der Waals surface area (Å²) in [6.07, 6.45) is 1.68. The molecule has 1 aromatic carbocycles. The van der Waals surface area contributed by atoms with Crippen LogP contribution < -0.4 is 0 Å². The normalized spacial score (nSPS) is 8.70. The van der Waals surface area contributed by atoms with Crippen molar-refractivity contribution in [3.8, 4) is 11.8 Å². The molecule has 5 heteroatoms. The molecule has 0 aliphatic carbocycles. The maximum atomic E-state index is 13.2. The van der Waals surface area contributed by atoms with Gasteiger partial charge in [-0.05, 0) is 25.1 Å². The minimum atomic E-state index is -0.474. The molecule has 0 aliphatic rings. The van der Waals surface area contributed by atoms with E-state index in [1.807, 2.05) is 33.8 Å². The summed E-state index contributed by atoms with van der Waals surface area (Å²) in [7, 11) is 0. The second kappa shape index (κ2) is 9.11. The van der Waals surface area contributed by atoms with Crippen LogP contribution in [0.25, 0.3) is 5.69 Å². The number of aromatic nitrogens is 2. The van der Waals surface area contributed by atoms with Gasteiger partial charge in [0.2, 0.25) is 0 Å². The topological polar surface area (TPSA) is 41.6 Å². The maximum Gasteiger partial charge on any atom is 0.154 e. The summed E-state index contributed by atoms with van der Waals surface area (Å²) < 4.78 is 14.6. The smallest absolute Gasteiger partial charge is 0.154 e. The fourth-order valence-electron chi connectivity index (χ4n) is 1.34. The lowest BCUT2D eigenvalue weighted by molar-refractivity contribution is 0.625. The van der Waals surface area contributed by atoms with Crippen LogP contribution in [0.3, 0.4) is 0 Å². The lowest BCUT2D eigenvalue weighted by Gasteiger charge is -2.01. The van der Waals surface area contributed by atoms with Gasteiger partial charge in [0.25, 0.3) is 0 Å². The quantitative estimate of drug-likeness (QED) is 0.751. The Balaban J connectivity index is 0.000000829. The molecule has 0 saturated carbocycles. The standard InChI is InChI=1S/C11H7ClFN3.2C2H6/c1-7-6-16(15-11(7)12)10-3-8(5-14)2-9(13)4-10;2*1-2/h2-4,6H,1H3;2*1-2H3. The first-order valence-electron chi connectivity index (χ1n) is 6.53. The minimum Gasteiger partial charge on any atom is -0.239 e. The summed E-state index contributed by atoms with van der Waals surface area (Å²) in [5, 5.41) is 13.1. The average molecular weight is 296 g/mol. The third kappa shape index (κ3) is 4.67. The van der Waals surface area contributed by atoms with Crippen LogP contribution in [0.2, 0.25) is 5.15 Å². The molecule has 20 heavy (non-hydrogen) atoms. The van der Waals surface area contributed by atoms with E-state index < -0.39 is 5.82 Å². The Bertz CT molecular complexity index is 566. The summed E-state index contributed by atoms with van der Waals surface area (Å²) in [5.41, 5.74) is 1.52. The SMILES string of the molecule is CC.CC.Cc1cn(-c2cc(F)cc(C#N)c2)nc1Cl. The van der Waals surface area contributed by atoms with E-state index in [1.165, 1.54) is 16.8 Å². The predicted molar refractivity (Wildman–Crippen MR) is 80.7 cm³/mol. The Labute approximate surface area is 124 Å². The van der Waals surface area contributed by atoms with Crippen molar-refractivity contribution < 1.29 is 4.39 Å². The Morgan fingerprint density at radius 2 is 1.80 bits per heavy atom. The van der Waals surface area contributed by atoms with Gasteiger partial charge in [-0.1, -0.05) is 39.3 Å².